The molecule has 4 rings (SSSR count). The van der Waals surface area contributed by atoms with Gasteiger partial charge >= 0.3 is 0 Å². The number of para-hydroxylation sites is 2. The summed E-state index contributed by atoms with van der Waals surface area (Å²) < 4.78 is 1.48. The molecule has 31 heavy (non-hydrogen) atoms. The van der Waals surface area contributed by atoms with Crippen molar-refractivity contribution in [1.29, 1.82) is 0 Å². The third kappa shape index (κ3) is 4.45. The molecule has 0 fully saturated rings. The van der Waals surface area contributed by atoms with Gasteiger partial charge in [-0.15, -0.1) is 0 Å². The van der Waals surface area contributed by atoms with Crippen molar-refractivity contribution in [2.45, 2.75) is 0 Å². The van der Waals surface area contributed by atoms with Crippen LogP contribution in [0.15, 0.2) is 85.1 Å². The lowest BCUT2D eigenvalue weighted by molar-refractivity contribution is 0.102. The Morgan fingerprint density at radius 1 is 0.710 bits per heavy atom. The fourth-order valence-electron chi connectivity index (χ4n) is 2.97. The van der Waals surface area contributed by atoms with Crippen LogP contribution in [0.2, 0.25) is 10.0 Å². The van der Waals surface area contributed by atoms with Gasteiger partial charge in [-0.25, -0.2) is 4.68 Å². The minimum Gasteiger partial charge on any atom is -0.320 e. The van der Waals surface area contributed by atoms with Gasteiger partial charge in [0.1, 0.15) is 11.4 Å². The first-order valence-electron chi connectivity index (χ1n) is 9.30. The third-order valence-electron chi connectivity index (χ3n) is 4.49. The second kappa shape index (κ2) is 9.04. The summed E-state index contributed by atoms with van der Waals surface area (Å²) in [5.41, 5.74) is 1.57. The molecule has 154 valence electrons. The molecule has 0 saturated heterocycles. The number of aromatic nitrogens is 2. The minimum absolute atomic E-state index is 0.171. The molecule has 0 atom stereocenters. The van der Waals surface area contributed by atoms with Crippen molar-refractivity contribution in [3.8, 4) is 5.69 Å². The molecule has 1 heterocycles. The molecule has 0 aliphatic heterocycles. The van der Waals surface area contributed by atoms with Gasteiger partial charge < -0.3 is 10.6 Å². The summed E-state index contributed by atoms with van der Waals surface area (Å²) in [5.74, 6) is -0.722. The van der Waals surface area contributed by atoms with Crippen molar-refractivity contribution in [3.63, 3.8) is 0 Å². The van der Waals surface area contributed by atoms with Gasteiger partial charge in [-0.3, -0.25) is 9.59 Å². The van der Waals surface area contributed by atoms with Gasteiger partial charge in [0, 0.05) is 0 Å². The SMILES string of the molecule is O=C(Nc1c(C(=O)Nc2ccccc2Cl)cnn1-c1ccccc1)c1ccccc1Cl. The number of hydrogen-bond acceptors (Lipinski definition) is 3. The number of nitrogens with zero attached hydrogens (tertiary/aromatic N) is 2. The highest BCUT2D eigenvalue weighted by molar-refractivity contribution is 6.35. The van der Waals surface area contributed by atoms with E-state index in [0.717, 1.165) is 0 Å². The normalized spacial score (nSPS) is 10.5. The molecule has 0 radical (unpaired) electrons. The molecule has 6 nitrogen and oxygen atoms in total. The highest BCUT2D eigenvalue weighted by Crippen LogP contribution is 2.26. The highest BCUT2D eigenvalue weighted by atomic mass is 35.5. The van der Waals surface area contributed by atoms with Crippen LogP contribution in [-0.2, 0) is 0 Å². The van der Waals surface area contributed by atoms with E-state index >= 15 is 0 Å². The van der Waals surface area contributed by atoms with Crippen molar-refractivity contribution >= 4 is 46.5 Å². The van der Waals surface area contributed by atoms with E-state index in [0.29, 0.717) is 21.4 Å². The van der Waals surface area contributed by atoms with Gasteiger partial charge in [-0.1, -0.05) is 65.7 Å². The number of benzene rings is 3. The number of amides is 2. The lowest BCUT2D eigenvalue weighted by Crippen LogP contribution is -2.20. The van der Waals surface area contributed by atoms with Crippen LogP contribution in [-0.4, -0.2) is 21.6 Å². The van der Waals surface area contributed by atoms with Crippen LogP contribution in [0.3, 0.4) is 0 Å². The van der Waals surface area contributed by atoms with E-state index in [1.807, 2.05) is 30.3 Å². The van der Waals surface area contributed by atoms with Gasteiger partial charge in [0.05, 0.1) is 33.2 Å². The Morgan fingerprint density at radius 2 is 1.32 bits per heavy atom. The Balaban J connectivity index is 1.73. The Morgan fingerprint density at radius 3 is 2.03 bits per heavy atom. The fourth-order valence-corrected chi connectivity index (χ4v) is 3.38. The zero-order valence-corrected chi connectivity index (χ0v) is 17.6. The second-order valence-electron chi connectivity index (χ2n) is 6.52. The molecule has 3 aromatic carbocycles. The molecule has 0 saturated carbocycles. The van der Waals surface area contributed by atoms with Crippen LogP contribution in [0.25, 0.3) is 5.69 Å². The summed E-state index contributed by atoms with van der Waals surface area (Å²) in [7, 11) is 0. The standard InChI is InChI=1S/C23H16Cl2N4O2/c24-18-11-5-4-10-16(18)22(30)28-21-17(14-26-29(21)15-8-2-1-3-9-15)23(31)27-20-13-7-6-12-19(20)25/h1-14H,(H,27,31)(H,28,30). The molecule has 0 aliphatic rings. The number of carbonyl (C=O) groups excluding carboxylic acids is 2. The average molecular weight is 451 g/mol. The maximum atomic E-state index is 13.0. The predicted molar refractivity (Wildman–Crippen MR) is 122 cm³/mol. The second-order valence-corrected chi connectivity index (χ2v) is 7.34. The maximum absolute atomic E-state index is 13.0. The Kier molecular flexibility index (Phi) is 6.02. The van der Waals surface area contributed by atoms with E-state index < -0.39 is 11.8 Å². The van der Waals surface area contributed by atoms with Crippen LogP contribution in [0.1, 0.15) is 20.7 Å². The van der Waals surface area contributed by atoms with Crippen LogP contribution < -0.4 is 10.6 Å². The van der Waals surface area contributed by atoms with Gasteiger partial charge in [-0.05, 0) is 36.4 Å². The van der Waals surface area contributed by atoms with E-state index in [1.54, 1.807) is 48.5 Å². The number of halogens is 2. The quantitative estimate of drug-likeness (QED) is 0.410. The molecule has 4 aromatic rings. The first-order valence-corrected chi connectivity index (χ1v) is 10.1. The number of hydrogen-bond donors (Lipinski definition) is 2. The number of nitrogens with one attached hydrogen (secondary N) is 2. The smallest absolute Gasteiger partial charge is 0.261 e. The maximum Gasteiger partial charge on any atom is 0.261 e. The largest absolute Gasteiger partial charge is 0.320 e. The van der Waals surface area contributed by atoms with Gasteiger partial charge in [-0.2, -0.15) is 5.10 Å². The summed E-state index contributed by atoms with van der Waals surface area (Å²) >= 11 is 12.3. The van der Waals surface area contributed by atoms with E-state index in [4.69, 9.17) is 23.2 Å². The molecule has 2 amide bonds. The summed E-state index contributed by atoms with van der Waals surface area (Å²) in [6.07, 6.45) is 1.39. The summed E-state index contributed by atoms with van der Waals surface area (Å²) in [4.78, 5) is 25.9. The van der Waals surface area contributed by atoms with Crippen molar-refractivity contribution in [2.75, 3.05) is 10.6 Å². The van der Waals surface area contributed by atoms with E-state index in [1.165, 1.54) is 10.9 Å². The number of rotatable bonds is 5. The van der Waals surface area contributed by atoms with Crippen LogP contribution in [0.4, 0.5) is 11.5 Å². The van der Waals surface area contributed by atoms with Crippen molar-refractivity contribution in [3.05, 3.63) is 106 Å². The summed E-state index contributed by atoms with van der Waals surface area (Å²) in [6.45, 7) is 0. The molecule has 8 heteroatoms. The molecule has 0 unspecified atom stereocenters. The van der Waals surface area contributed by atoms with Crippen molar-refractivity contribution in [2.24, 2.45) is 0 Å². The van der Waals surface area contributed by atoms with Crippen LogP contribution in [0.5, 0.6) is 0 Å². The zero-order chi connectivity index (χ0) is 21.8. The summed E-state index contributed by atoms with van der Waals surface area (Å²) in [5, 5.41) is 10.5. The molecule has 2 N–H and O–H groups in total. The Bertz CT molecular complexity index is 1260. The van der Waals surface area contributed by atoms with Crippen molar-refractivity contribution < 1.29 is 9.59 Å². The van der Waals surface area contributed by atoms with Crippen molar-refractivity contribution in [1.82, 2.24) is 9.78 Å². The Hall–Kier alpha value is -3.61. The number of carbonyl (C=O) groups is 2. The lowest BCUT2D eigenvalue weighted by Gasteiger charge is -2.12. The molecule has 0 bridgehead atoms. The third-order valence-corrected chi connectivity index (χ3v) is 5.15. The van der Waals surface area contributed by atoms with E-state index in [9.17, 15) is 9.59 Å². The fraction of sp³-hybridized carbons (Fsp3) is 0. The van der Waals surface area contributed by atoms with Gasteiger partial charge in [0.25, 0.3) is 11.8 Å². The number of anilines is 2. The minimum atomic E-state index is -0.468. The lowest BCUT2D eigenvalue weighted by atomic mass is 10.2. The van der Waals surface area contributed by atoms with E-state index in [2.05, 4.69) is 15.7 Å². The summed E-state index contributed by atoms with van der Waals surface area (Å²) in [6, 6.07) is 22.7. The predicted octanol–water partition coefficient (Wildman–Crippen LogP) is 5.68. The first kappa shape index (κ1) is 20.7. The van der Waals surface area contributed by atoms with Gasteiger partial charge in [0.15, 0.2) is 0 Å². The molecule has 0 spiro atoms. The average Bonchev–Trinajstić information content (AvgIpc) is 3.19. The topological polar surface area (TPSA) is 76.0 Å². The Labute approximate surface area is 188 Å². The molecular weight excluding hydrogens is 435 g/mol. The van der Waals surface area contributed by atoms with Crippen LogP contribution in [0, 0.1) is 0 Å². The zero-order valence-electron chi connectivity index (χ0n) is 16.0. The molecule has 1 aromatic heterocycles. The molecular formula is C23H16Cl2N4O2. The van der Waals surface area contributed by atoms with Gasteiger partial charge in [0.2, 0.25) is 0 Å². The first-order chi connectivity index (χ1) is 15.0. The monoisotopic (exact) mass is 450 g/mol. The van der Waals surface area contributed by atoms with Crippen LogP contribution >= 0.6 is 23.2 Å². The van der Waals surface area contributed by atoms with E-state index in [-0.39, 0.29) is 16.9 Å². The molecule has 0 aliphatic carbocycles. The highest BCUT2D eigenvalue weighted by Gasteiger charge is 2.22.